The summed E-state index contributed by atoms with van der Waals surface area (Å²) in [5, 5.41) is 9.77. The molecule has 3 nitrogen and oxygen atoms in total. The maximum atomic E-state index is 9.77. The third kappa shape index (κ3) is 2.05. The molecule has 1 fully saturated rings. The van der Waals surface area contributed by atoms with E-state index in [2.05, 4.69) is 17.0 Å². The number of anilines is 1. The van der Waals surface area contributed by atoms with E-state index in [-0.39, 0.29) is 6.10 Å². The number of aliphatic hydroxyl groups is 1. The number of benzene rings is 1. The fourth-order valence-corrected chi connectivity index (χ4v) is 3.26. The third-order valence-corrected chi connectivity index (χ3v) is 4.08. The van der Waals surface area contributed by atoms with Crippen molar-refractivity contribution in [1.82, 2.24) is 4.90 Å². The average molecular weight is 232 g/mol. The minimum atomic E-state index is -0.137. The zero-order valence-corrected chi connectivity index (χ0v) is 10.1. The molecule has 0 bridgehead atoms. The molecule has 0 amide bonds. The number of rotatable bonds is 1. The first-order chi connectivity index (χ1) is 8.24. The van der Waals surface area contributed by atoms with Crippen LogP contribution < -0.4 is 5.73 Å². The van der Waals surface area contributed by atoms with Crippen molar-refractivity contribution in [2.45, 2.75) is 37.8 Å². The fourth-order valence-electron chi connectivity index (χ4n) is 3.26. The van der Waals surface area contributed by atoms with Crippen LogP contribution in [0.1, 0.15) is 36.4 Å². The number of aliphatic hydroxyl groups excluding tert-OH is 1. The van der Waals surface area contributed by atoms with Gasteiger partial charge in [0.05, 0.1) is 6.10 Å². The summed E-state index contributed by atoms with van der Waals surface area (Å²) in [5.74, 6) is 0. The molecule has 3 rings (SSSR count). The van der Waals surface area contributed by atoms with Crippen molar-refractivity contribution in [3.8, 4) is 0 Å². The summed E-state index contributed by atoms with van der Waals surface area (Å²) in [5.41, 5.74) is 9.51. The first-order valence-electron chi connectivity index (χ1n) is 6.54. The Labute approximate surface area is 102 Å². The Hall–Kier alpha value is -1.06. The molecular formula is C14H20N2O. The van der Waals surface area contributed by atoms with Crippen LogP contribution in [-0.4, -0.2) is 29.2 Å². The number of β-amino-alcohol motifs (C(OH)–C–C–N with tert-alkyl or cyclic N) is 1. The summed E-state index contributed by atoms with van der Waals surface area (Å²) in [7, 11) is 0. The van der Waals surface area contributed by atoms with Gasteiger partial charge in [0.25, 0.3) is 0 Å². The van der Waals surface area contributed by atoms with Gasteiger partial charge in [-0.15, -0.1) is 0 Å². The van der Waals surface area contributed by atoms with Crippen LogP contribution >= 0.6 is 0 Å². The predicted molar refractivity (Wildman–Crippen MR) is 68.7 cm³/mol. The molecule has 2 unspecified atom stereocenters. The van der Waals surface area contributed by atoms with Crippen molar-refractivity contribution in [2.75, 3.05) is 18.8 Å². The lowest BCUT2D eigenvalue weighted by atomic mass is 10.0. The maximum absolute atomic E-state index is 9.77. The fraction of sp³-hybridized carbons (Fsp3) is 0.571. The molecule has 1 aliphatic heterocycles. The van der Waals surface area contributed by atoms with Gasteiger partial charge in [0.1, 0.15) is 0 Å². The number of hydrogen-bond acceptors (Lipinski definition) is 3. The van der Waals surface area contributed by atoms with Crippen LogP contribution in [0.4, 0.5) is 5.69 Å². The molecule has 0 saturated carbocycles. The highest BCUT2D eigenvalue weighted by molar-refractivity contribution is 5.47. The molecule has 2 aliphatic rings. The van der Waals surface area contributed by atoms with Gasteiger partial charge in [0.2, 0.25) is 0 Å². The molecule has 3 heteroatoms. The number of hydrogen-bond donors (Lipinski definition) is 2. The van der Waals surface area contributed by atoms with Gasteiger partial charge in [0.15, 0.2) is 0 Å². The number of nitrogen functional groups attached to an aromatic ring is 1. The highest BCUT2D eigenvalue weighted by Gasteiger charge is 2.30. The Morgan fingerprint density at radius 1 is 1.29 bits per heavy atom. The summed E-state index contributed by atoms with van der Waals surface area (Å²) >= 11 is 0. The smallest absolute Gasteiger partial charge is 0.0667 e. The van der Waals surface area contributed by atoms with E-state index >= 15 is 0 Å². The van der Waals surface area contributed by atoms with Crippen molar-refractivity contribution in [3.05, 3.63) is 29.3 Å². The molecule has 17 heavy (non-hydrogen) atoms. The number of piperidine rings is 1. The van der Waals surface area contributed by atoms with E-state index in [0.717, 1.165) is 38.0 Å². The van der Waals surface area contributed by atoms with Crippen LogP contribution in [0.25, 0.3) is 0 Å². The largest absolute Gasteiger partial charge is 0.399 e. The highest BCUT2D eigenvalue weighted by atomic mass is 16.3. The number of nitrogens with zero attached hydrogens (tertiary/aromatic N) is 1. The van der Waals surface area contributed by atoms with Gasteiger partial charge in [-0.3, -0.25) is 4.90 Å². The van der Waals surface area contributed by atoms with Gasteiger partial charge in [-0.05, 0) is 55.5 Å². The zero-order valence-electron chi connectivity index (χ0n) is 10.1. The van der Waals surface area contributed by atoms with Crippen molar-refractivity contribution in [2.24, 2.45) is 0 Å². The summed E-state index contributed by atoms with van der Waals surface area (Å²) in [6.45, 7) is 1.94. The van der Waals surface area contributed by atoms with E-state index in [0.29, 0.717) is 6.04 Å². The SMILES string of the molecule is Nc1ccc2c(c1)CCC2N1CCCC(O)C1. The maximum Gasteiger partial charge on any atom is 0.0667 e. The van der Waals surface area contributed by atoms with Gasteiger partial charge >= 0.3 is 0 Å². The number of likely N-dealkylation sites (tertiary alicyclic amines) is 1. The minimum Gasteiger partial charge on any atom is -0.399 e. The van der Waals surface area contributed by atoms with E-state index in [1.807, 2.05) is 6.07 Å². The standard InChI is InChI=1S/C14H20N2O/c15-11-4-5-13-10(8-11)3-6-14(13)16-7-1-2-12(17)9-16/h4-5,8,12,14,17H,1-3,6-7,9,15H2. The summed E-state index contributed by atoms with van der Waals surface area (Å²) in [6, 6.07) is 6.77. The van der Waals surface area contributed by atoms with Gasteiger partial charge in [-0.25, -0.2) is 0 Å². The second-order valence-corrected chi connectivity index (χ2v) is 5.30. The van der Waals surface area contributed by atoms with Crippen molar-refractivity contribution in [3.63, 3.8) is 0 Å². The monoisotopic (exact) mass is 232 g/mol. The molecule has 1 heterocycles. The predicted octanol–water partition coefficient (Wildman–Crippen LogP) is 1.71. The molecule has 1 aliphatic carbocycles. The quantitative estimate of drug-likeness (QED) is 0.725. The number of fused-ring (bicyclic) bond motifs is 1. The van der Waals surface area contributed by atoms with E-state index < -0.39 is 0 Å². The Bertz CT molecular complexity index is 419. The Morgan fingerprint density at radius 3 is 3.00 bits per heavy atom. The van der Waals surface area contributed by atoms with Crippen LogP contribution in [0.15, 0.2) is 18.2 Å². The van der Waals surface area contributed by atoms with Gasteiger partial charge in [0, 0.05) is 18.3 Å². The lowest BCUT2D eigenvalue weighted by Crippen LogP contribution is -2.40. The first-order valence-corrected chi connectivity index (χ1v) is 6.54. The topological polar surface area (TPSA) is 49.5 Å². The van der Waals surface area contributed by atoms with Crippen LogP contribution in [-0.2, 0) is 6.42 Å². The van der Waals surface area contributed by atoms with Crippen molar-refractivity contribution in [1.29, 1.82) is 0 Å². The van der Waals surface area contributed by atoms with Crippen LogP contribution in [0, 0.1) is 0 Å². The summed E-state index contributed by atoms with van der Waals surface area (Å²) in [4.78, 5) is 2.44. The normalized spacial score (nSPS) is 29.2. The van der Waals surface area contributed by atoms with E-state index in [9.17, 15) is 5.11 Å². The lowest BCUT2D eigenvalue weighted by Gasteiger charge is -2.35. The molecule has 3 N–H and O–H groups in total. The van der Waals surface area contributed by atoms with Crippen molar-refractivity contribution < 1.29 is 5.11 Å². The molecule has 1 saturated heterocycles. The van der Waals surface area contributed by atoms with E-state index in [1.165, 1.54) is 17.5 Å². The van der Waals surface area contributed by atoms with E-state index in [4.69, 9.17) is 5.73 Å². The van der Waals surface area contributed by atoms with E-state index in [1.54, 1.807) is 0 Å². The van der Waals surface area contributed by atoms with Crippen molar-refractivity contribution >= 4 is 5.69 Å². The second-order valence-electron chi connectivity index (χ2n) is 5.30. The third-order valence-electron chi connectivity index (χ3n) is 4.08. The summed E-state index contributed by atoms with van der Waals surface area (Å²) in [6.07, 6.45) is 4.23. The molecule has 0 spiro atoms. The van der Waals surface area contributed by atoms with Crippen LogP contribution in [0.2, 0.25) is 0 Å². The molecule has 1 aromatic carbocycles. The highest BCUT2D eigenvalue weighted by Crippen LogP contribution is 2.37. The Kier molecular flexibility index (Phi) is 2.81. The molecule has 2 atom stereocenters. The van der Waals surface area contributed by atoms with Gasteiger partial charge in [-0.2, -0.15) is 0 Å². The molecular weight excluding hydrogens is 212 g/mol. The molecule has 1 aromatic rings. The minimum absolute atomic E-state index is 0.137. The summed E-state index contributed by atoms with van der Waals surface area (Å²) < 4.78 is 0. The van der Waals surface area contributed by atoms with Gasteiger partial charge in [-0.1, -0.05) is 6.07 Å². The lowest BCUT2D eigenvalue weighted by molar-refractivity contribution is 0.0463. The molecule has 0 radical (unpaired) electrons. The van der Waals surface area contributed by atoms with Crippen LogP contribution in [0.3, 0.4) is 0 Å². The second kappa shape index (κ2) is 4.31. The molecule has 92 valence electrons. The molecule has 0 aromatic heterocycles. The number of aryl methyl sites for hydroxylation is 1. The average Bonchev–Trinajstić information content (AvgIpc) is 2.71. The zero-order chi connectivity index (χ0) is 11.8. The van der Waals surface area contributed by atoms with Crippen LogP contribution in [0.5, 0.6) is 0 Å². The Balaban J connectivity index is 1.83. The number of nitrogens with two attached hydrogens (primary N) is 1. The Morgan fingerprint density at radius 2 is 2.18 bits per heavy atom. The van der Waals surface area contributed by atoms with Gasteiger partial charge < -0.3 is 10.8 Å². The first kappa shape index (κ1) is 11.1.